The van der Waals surface area contributed by atoms with E-state index < -0.39 is 17.0 Å². The molecule has 2 atom stereocenters. The molecule has 1 saturated heterocycles. The van der Waals surface area contributed by atoms with Crippen LogP contribution in [0.2, 0.25) is 5.02 Å². The molecule has 1 fully saturated rings. The molecule has 0 saturated carbocycles. The summed E-state index contributed by atoms with van der Waals surface area (Å²) in [5.41, 5.74) is 2.90. The summed E-state index contributed by atoms with van der Waals surface area (Å²) in [5, 5.41) is 6.60. The lowest BCUT2D eigenvalue weighted by molar-refractivity contribution is -0.105. The number of thiophene rings is 1. The number of aromatic nitrogens is 2. The minimum Gasteiger partial charge on any atom is -0.329 e. The number of rotatable bonds is 5. The lowest BCUT2D eigenvalue weighted by Gasteiger charge is -2.28. The van der Waals surface area contributed by atoms with Crippen LogP contribution >= 0.6 is 22.9 Å². The van der Waals surface area contributed by atoms with Crippen molar-refractivity contribution in [2.75, 3.05) is 18.9 Å². The summed E-state index contributed by atoms with van der Waals surface area (Å²) in [5.74, 6) is -0.497. The van der Waals surface area contributed by atoms with Crippen molar-refractivity contribution in [3.63, 3.8) is 0 Å². The molecule has 1 unspecified atom stereocenters. The average Bonchev–Trinajstić information content (AvgIpc) is 3.39. The molecule has 1 aromatic carbocycles. The second-order valence-electron chi connectivity index (χ2n) is 7.19. The fourth-order valence-corrected chi connectivity index (χ4v) is 5.61. The highest BCUT2D eigenvalue weighted by molar-refractivity contribution is 7.80. The van der Waals surface area contributed by atoms with Gasteiger partial charge in [-0.15, -0.1) is 11.3 Å². The first-order chi connectivity index (χ1) is 15.3. The van der Waals surface area contributed by atoms with Crippen LogP contribution < -0.4 is 10.0 Å². The van der Waals surface area contributed by atoms with Gasteiger partial charge in [-0.25, -0.2) is 17.6 Å². The standard InChI is InChI=1S/C14H20N4OS2.C7H5ClFNO/c1-4-13-11(10-8-15-17(2)9-10)7-14(20-13)12-5-6-18(3)21(19)16-12;8-6-3-5(10-4-11)1-2-7(6)9/h7-9,12,16H,4-6H2,1-3H3;1-4H,(H,10,11)/t12-,21?;/m0./s1. The van der Waals surface area contributed by atoms with Gasteiger partial charge in [0, 0.05) is 47.8 Å². The molecule has 1 aliphatic heterocycles. The highest BCUT2D eigenvalue weighted by Crippen LogP contribution is 2.36. The number of benzene rings is 1. The minimum atomic E-state index is -1.08. The molecule has 0 radical (unpaired) electrons. The van der Waals surface area contributed by atoms with Gasteiger partial charge in [0.25, 0.3) is 0 Å². The first-order valence-corrected chi connectivity index (χ1v) is 12.3. The SMILES string of the molecule is CCc1sc([C@@H]2CCN(C)S(=O)N2)cc1-c1cnn(C)c1.O=CNc1ccc(F)c(Cl)c1. The van der Waals surface area contributed by atoms with E-state index in [0.717, 1.165) is 24.9 Å². The second kappa shape index (κ2) is 11.2. The van der Waals surface area contributed by atoms with E-state index in [1.807, 2.05) is 46.8 Å². The number of nitrogens with zero attached hydrogens (tertiary/aromatic N) is 3. The van der Waals surface area contributed by atoms with Crippen LogP contribution in [-0.4, -0.2) is 38.3 Å². The summed E-state index contributed by atoms with van der Waals surface area (Å²) < 4.78 is 31.3. The van der Waals surface area contributed by atoms with Gasteiger partial charge >= 0.3 is 0 Å². The van der Waals surface area contributed by atoms with E-state index in [2.05, 4.69) is 28.1 Å². The lowest BCUT2D eigenvalue weighted by atomic mass is 10.1. The summed E-state index contributed by atoms with van der Waals surface area (Å²) in [4.78, 5) is 12.6. The summed E-state index contributed by atoms with van der Waals surface area (Å²) in [6.07, 6.45) is 6.45. The number of hydrogen-bond acceptors (Lipinski definition) is 4. The van der Waals surface area contributed by atoms with Crippen molar-refractivity contribution in [3.8, 4) is 11.1 Å². The zero-order valence-electron chi connectivity index (χ0n) is 18.0. The maximum Gasteiger partial charge on any atom is 0.211 e. The van der Waals surface area contributed by atoms with Crippen molar-refractivity contribution in [3.05, 3.63) is 57.3 Å². The van der Waals surface area contributed by atoms with Crippen LogP contribution in [0.5, 0.6) is 0 Å². The highest BCUT2D eigenvalue weighted by atomic mass is 35.5. The zero-order chi connectivity index (χ0) is 23.3. The Balaban J connectivity index is 0.000000222. The lowest BCUT2D eigenvalue weighted by Crippen LogP contribution is -2.41. The fourth-order valence-electron chi connectivity index (χ4n) is 3.21. The monoisotopic (exact) mass is 497 g/mol. The Bertz CT molecular complexity index is 1100. The number of carbonyl (C=O) groups is 1. The molecule has 0 aliphatic carbocycles. The number of anilines is 1. The Morgan fingerprint density at radius 1 is 1.41 bits per heavy atom. The number of aryl methyl sites for hydroxylation is 2. The van der Waals surface area contributed by atoms with Crippen LogP contribution in [0, 0.1) is 5.82 Å². The van der Waals surface area contributed by atoms with Crippen LogP contribution in [0.25, 0.3) is 11.1 Å². The second-order valence-corrected chi connectivity index (χ2v) is 10.1. The van der Waals surface area contributed by atoms with E-state index in [1.165, 1.54) is 33.5 Å². The first-order valence-electron chi connectivity index (χ1n) is 9.98. The third-order valence-corrected chi connectivity index (χ3v) is 7.83. The van der Waals surface area contributed by atoms with Gasteiger partial charge in [0.1, 0.15) is 5.82 Å². The van der Waals surface area contributed by atoms with Gasteiger partial charge in [0.2, 0.25) is 6.41 Å². The average molecular weight is 498 g/mol. The molecular weight excluding hydrogens is 473 g/mol. The molecule has 3 aromatic rings. The van der Waals surface area contributed by atoms with Gasteiger partial charge in [-0.3, -0.25) is 9.48 Å². The zero-order valence-corrected chi connectivity index (χ0v) is 20.4. The molecule has 3 heterocycles. The molecule has 1 amide bonds. The van der Waals surface area contributed by atoms with E-state index in [1.54, 1.807) is 0 Å². The van der Waals surface area contributed by atoms with E-state index in [-0.39, 0.29) is 11.1 Å². The molecule has 0 spiro atoms. The fraction of sp³-hybridized carbons (Fsp3) is 0.333. The number of hydrogen-bond donors (Lipinski definition) is 2. The summed E-state index contributed by atoms with van der Waals surface area (Å²) >= 11 is 6.16. The van der Waals surface area contributed by atoms with Crippen molar-refractivity contribution < 1.29 is 13.4 Å². The summed E-state index contributed by atoms with van der Waals surface area (Å²) in [6, 6.07) is 6.37. The van der Waals surface area contributed by atoms with Crippen LogP contribution in [0.3, 0.4) is 0 Å². The predicted molar refractivity (Wildman–Crippen MR) is 128 cm³/mol. The number of amides is 1. The normalized spacial score (nSPS) is 18.7. The number of carbonyl (C=O) groups excluding carboxylic acids is 1. The van der Waals surface area contributed by atoms with E-state index in [9.17, 15) is 13.4 Å². The molecule has 32 heavy (non-hydrogen) atoms. The van der Waals surface area contributed by atoms with E-state index in [0.29, 0.717) is 12.1 Å². The van der Waals surface area contributed by atoms with Gasteiger partial charge < -0.3 is 5.32 Å². The van der Waals surface area contributed by atoms with E-state index in [4.69, 9.17) is 11.6 Å². The Labute approximate surface area is 198 Å². The number of nitrogens with one attached hydrogen (secondary N) is 2. The Kier molecular flexibility index (Phi) is 8.55. The molecule has 7 nitrogen and oxygen atoms in total. The summed E-state index contributed by atoms with van der Waals surface area (Å²) in [7, 11) is 3.82. The highest BCUT2D eigenvalue weighted by Gasteiger charge is 2.25. The molecule has 11 heteroatoms. The van der Waals surface area contributed by atoms with Gasteiger partial charge in [0.15, 0.2) is 11.2 Å². The first kappa shape index (κ1) is 24.5. The van der Waals surface area contributed by atoms with Gasteiger partial charge in [-0.1, -0.05) is 18.5 Å². The Morgan fingerprint density at radius 2 is 2.19 bits per heavy atom. The Morgan fingerprint density at radius 3 is 2.78 bits per heavy atom. The van der Waals surface area contributed by atoms with Crippen molar-refractivity contribution >= 4 is 46.2 Å². The number of halogens is 2. The van der Waals surface area contributed by atoms with Gasteiger partial charge in [0.05, 0.1) is 17.3 Å². The molecule has 172 valence electrons. The quantitative estimate of drug-likeness (QED) is 0.516. The van der Waals surface area contributed by atoms with Crippen LogP contribution in [-0.2, 0) is 29.4 Å². The molecular formula is C21H25ClFN5O2S2. The van der Waals surface area contributed by atoms with Crippen molar-refractivity contribution in [2.45, 2.75) is 25.8 Å². The van der Waals surface area contributed by atoms with Gasteiger partial charge in [-0.05, 0) is 42.7 Å². The molecule has 2 N–H and O–H groups in total. The smallest absolute Gasteiger partial charge is 0.211 e. The largest absolute Gasteiger partial charge is 0.329 e. The molecule has 4 rings (SSSR count). The van der Waals surface area contributed by atoms with Crippen LogP contribution in [0.1, 0.15) is 29.1 Å². The minimum absolute atomic E-state index is 0.00292. The van der Waals surface area contributed by atoms with Gasteiger partial charge in [-0.2, -0.15) is 5.10 Å². The predicted octanol–water partition coefficient (Wildman–Crippen LogP) is 4.30. The maximum absolute atomic E-state index is 12.5. The van der Waals surface area contributed by atoms with Crippen LogP contribution in [0.15, 0.2) is 36.7 Å². The van der Waals surface area contributed by atoms with Crippen molar-refractivity contribution in [2.24, 2.45) is 7.05 Å². The van der Waals surface area contributed by atoms with Crippen molar-refractivity contribution in [1.29, 1.82) is 0 Å². The Hall–Kier alpha value is -2.11. The van der Waals surface area contributed by atoms with Crippen molar-refractivity contribution in [1.82, 2.24) is 18.8 Å². The topological polar surface area (TPSA) is 79.3 Å². The molecule has 1 aliphatic rings. The third-order valence-electron chi connectivity index (χ3n) is 4.91. The van der Waals surface area contributed by atoms with E-state index >= 15 is 0 Å². The molecule has 0 bridgehead atoms. The third kappa shape index (κ3) is 6.02. The van der Waals surface area contributed by atoms with Crippen LogP contribution in [0.4, 0.5) is 10.1 Å². The summed E-state index contributed by atoms with van der Waals surface area (Å²) in [6.45, 7) is 3.03. The molecule has 2 aromatic heterocycles. The maximum atomic E-state index is 12.5.